The molecule has 27 heavy (non-hydrogen) atoms. The summed E-state index contributed by atoms with van der Waals surface area (Å²) < 4.78 is 7.18. The number of benzene rings is 1. The first-order chi connectivity index (χ1) is 13.0. The van der Waals surface area contributed by atoms with Crippen molar-refractivity contribution in [2.75, 3.05) is 32.8 Å². The summed E-state index contributed by atoms with van der Waals surface area (Å²) in [5.74, 6) is 0.346. The van der Waals surface area contributed by atoms with Crippen LogP contribution < -0.4 is 5.32 Å². The lowest BCUT2D eigenvalue weighted by Gasteiger charge is -2.36. The Labute approximate surface area is 165 Å². The van der Waals surface area contributed by atoms with E-state index in [1.165, 1.54) is 0 Å². The molecule has 1 aliphatic rings. The van der Waals surface area contributed by atoms with Crippen molar-refractivity contribution >= 4 is 17.5 Å². The van der Waals surface area contributed by atoms with Crippen LogP contribution in [0.1, 0.15) is 29.9 Å². The normalized spacial score (nSPS) is 16.5. The molecule has 1 atom stereocenters. The van der Waals surface area contributed by atoms with Gasteiger partial charge in [-0.2, -0.15) is 5.10 Å². The fraction of sp³-hybridized carbons (Fsp3) is 0.500. The predicted molar refractivity (Wildman–Crippen MR) is 107 cm³/mol. The summed E-state index contributed by atoms with van der Waals surface area (Å²) in [6.45, 7) is 10.2. The minimum Gasteiger partial charge on any atom is -0.379 e. The highest BCUT2D eigenvalue weighted by molar-refractivity contribution is 6.30. The van der Waals surface area contributed by atoms with E-state index in [1.54, 1.807) is 10.9 Å². The lowest BCUT2D eigenvalue weighted by atomic mass is 10.0. The standard InChI is InChI=1S/C20H27ClN4O2/c1-14(2)19(24-7-9-27-10-8-24)13-22-20(26)18-12-23-25(15(18)3)17-6-4-5-16(21)11-17/h4-6,11-12,14,19H,7-10,13H2,1-3H3,(H,22,26). The Kier molecular flexibility index (Phi) is 6.52. The Hall–Kier alpha value is -1.89. The minimum absolute atomic E-state index is 0.0975. The van der Waals surface area contributed by atoms with Crippen LogP contribution in [0.15, 0.2) is 30.5 Å². The van der Waals surface area contributed by atoms with Crippen LogP contribution in [0.5, 0.6) is 0 Å². The van der Waals surface area contributed by atoms with Crippen molar-refractivity contribution in [3.8, 4) is 5.69 Å². The number of hydrogen-bond acceptors (Lipinski definition) is 4. The zero-order chi connectivity index (χ0) is 19.4. The SMILES string of the molecule is Cc1c(C(=O)NCC(C(C)C)N2CCOCC2)cnn1-c1cccc(Cl)c1. The second kappa shape index (κ2) is 8.87. The maximum Gasteiger partial charge on any atom is 0.254 e. The van der Waals surface area contributed by atoms with Crippen LogP contribution in [0, 0.1) is 12.8 Å². The van der Waals surface area contributed by atoms with E-state index < -0.39 is 0 Å². The number of nitrogens with zero attached hydrogens (tertiary/aromatic N) is 3. The summed E-state index contributed by atoms with van der Waals surface area (Å²) in [5, 5.41) is 8.10. The molecule has 146 valence electrons. The molecule has 6 nitrogen and oxygen atoms in total. The van der Waals surface area contributed by atoms with Gasteiger partial charge in [-0.3, -0.25) is 9.69 Å². The molecule has 2 aromatic rings. The molecule has 1 aliphatic heterocycles. The summed E-state index contributed by atoms with van der Waals surface area (Å²) >= 11 is 6.07. The number of carbonyl (C=O) groups excluding carboxylic acids is 1. The number of amides is 1. The van der Waals surface area contributed by atoms with E-state index in [0.717, 1.165) is 37.7 Å². The van der Waals surface area contributed by atoms with Gasteiger partial charge >= 0.3 is 0 Å². The lowest BCUT2D eigenvalue weighted by molar-refractivity contribution is 0.00672. The molecule has 7 heteroatoms. The van der Waals surface area contributed by atoms with Gasteiger partial charge in [0, 0.05) is 30.7 Å². The maximum atomic E-state index is 12.8. The highest BCUT2D eigenvalue weighted by atomic mass is 35.5. The molecule has 0 aliphatic carbocycles. The molecule has 1 unspecified atom stereocenters. The number of morpholine rings is 1. The van der Waals surface area contributed by atoms with Gasteiger partial charge in [-0.1, -0.05) is 31.5 Å². The molecule has 3 rings (SSSR count). The first-order valence-electron chi connectivity index (χ1n) is 9.38. The van der Waals surface area contributed by atoms with Gasteiger partial charge in [-0.25, -0.2) is 4.68 Å². The number of hydrogen-bond donors (Lipinski definition) is 1. The monoisotopic (exact) mass is 390 g/mol. The summed E-state index contributed by atoms with van der Waals surface area (Å²) in [7, 11) is 0. The van der Waals surface area contributed by atoms with E-state index in [-0.39, 0.29) is 5.91 Å². The van der Waals surface area contributed by atoms with Crippen molar-refractivity contribution in [2.24, 2.45) is 5.92 Å². The molecular weight excluding hydrogens is 364 g/mol. The van der Waals surface area contributed by atoms with Crippen molar-refractivity contribution < 1.29 is 9.53 Å². The minimum atomic E-state index is -0.0975. The van der Waals surface area contributed by atoms with E-state index >= 15 is 0 Å². The van der Waals surface area contributed by atoms with Crippen molar-refractivity contribution in [3.63, 3.8) is 0 Å². The van der Waals surface area contributed by atoms with Crippen LogP contribution in [0.3, 0.4) is 0 Å². The van der Waals surface area contributed by atoms with E-state index in [2.05, 4.69) is 29.2 Å². The van der Waals surface area contributed by atoms with Crippen molar-refractivity contribution in [3.05, 3.63) is 46.7 Å². The van der Waals surface area contributed by atoms with Crippen molar-refractivity contribution in [1.29, 1.82) is 0 Å². The third kappa shape index (κ3) is 4.69. The number of halogens is 1. The average molecular weight is 391 g/mol. The largest absolute Gasteiger partial charge is 0.379 e. The fourth-order valence-corrected chi connectivity index (χ4v) is 3.67. The second-order valence-electron chi connectivity index (χ2n) is 7.21. The first-order valence-corrected chi connectivity index (χ1v) is 9.75. The molecule has 0 spiro atoms. The molecule has 1 aromatic heterocycles. The van der Waals surface area contributed by atoms with Crippen molar-refractivity contribution in [1.82, 2.24) is 20.0 Å². The third-order valence-corrected chi connectivity index (χ3v) is 5.30. The van der Waals surface area contributed by atoms with E-state index in [4.69, 9.17) is 16.3 Å². The summed E-state index contributed by atoms with van der Waals surface area (Å²) in [6, 6.07) is 7.72. The highest BCUT2D eigenvalue weighted by Crippen LogP contribution is 2.18. The van der Waals surface area contributed by atoms with Gasteiger partial charge in [0.1, 0.15) is 0 Å². The summed E-state index contributed by atoms with van der Waals surface area (Å²) in [5.41, 5.74) is 2.22. The Morgan fingerprint density at radius 1 is 1.33 bits per heavy atom. The smallest absolute Gasteiger partial charge is 0.254 e. The summed E-state index contributed by atoms with van der Waals surface area (Å²) in [6.07, 6.45) is 1.62. The molecular formula is C20H27ClN4O2. The second-order valence-corrected chi connectivity index (χ2v) is 7.64. The van der Waals surface area contributed by atoms with Gasteiger partial charge < -0.3 is 10.1 Å². The molecule has 1 N–H and O–H groups in total. The molecule has 0 bridgehead atoms. The topological polar surface area (TPSA) is 59.4 Å². The summed E-state index contributed by atoms with van der Waals surface area (Å²) in [4.78, 5) is 15.2. The van der Waals surface area contributed by atoms with Gasteiger partial charge in [0.05, 0.1) is 36.4 Å². The van der Waals surface area contributed by atoms with Crippen LogP contribution in [0.25, 0.3) is 5.69 Å². The zero-order valence-electron chi connectivity index (χ0n) is 16.1. The molecule has 1 amide bonds. The lowest BCUT2D eigenvalue weighted by Crippen LogP contribution is -2.51. The van der Waals surface area contributed by atoms with Crippen LogP contribution in [0.2, 0.25) is 5.02 Å². The fourth-order valence-electron chi connectivity index (χ4n) is 3.49. The number of aromatic nitrogens is 2. The van der Waals surface area contributed by atoms with Crippen molar-refractivity contribution in [2.45, 2.75) is 26.8 Å². The van der Waals surface area contributed by atoms with Crippen LogP contribution in [0.4, 0.5) is 0 Å². The Balaban J connectivity index is 1.69. The van der Waals surface area contributed by atoms with Crippen LogP contribution >= 0.6 is 11.6 Å². The molecule has 1 saturated heterocycles. The number of nitrogens with one attached hydrogen (secondary N) is 1. The Bertz CT molecular complexity index is 784. The van der Waals surface area contributed by atoms with Crippen LogP contribution in [-0.2, 0) is 4.74 Å². The molecule has 1 fully saturated rings. The van der Waals surface area contributed by atoms with E-state index in [0.29, 0.717) is 29.1 Å². The highest BCUT2D eigenvalue weighted by Gasteiger charge is 2.25. The Morgan fingerprint density at radius 3 is 2.74 bits per heavy atom. The van der Waals surface area contributed by atoms with Crippen LogP contribution in [-0.4, -0.2) is 59.5 Å². The first kappa shape index (κ1) is 19.9. The van der Waals surface area contributed by atoms with E-state index in [1.807, 2.05) is 31.2 Å². The quantitative estimate of drug-likeness (QED) is 0.823. The Morgan fingerprint density at radius 2 is 2.07 bits per heavy atom. The number of ether oxygens (including phenoxy) is 1. The molecule has 2 heterocycles. The number of rotatable bonds is 6. The third-order valence-electron chi connectivity index (χ3n) is 5.06. The predicted octanol–water partition coefficient (Wildman–Crippen LogP) is 2.92. The van der Waals surface area contributed by atoms with E-state index in [9.17, 15) is 4.79 Å². The average Bonchev–Trinajstić information content (AvgIpc) is 3.04. The van der Waals surface area contributed by atoms with Gasteiger partial charge in [0.2, 0.25) is 0 Å². The van der Waals surface area contributed by atoms with Gasteiger partial charge in [-0.15, -0.1) is 0 Å². The van der Waals surface area contributed by atoms with Gasteiger partial charge in [0.15, 0.2) is 0 Å². The zero-order valence-corrected chi connectivity index (χ0v) is 16.9. The van der Waals surface area contributed by atoms with Gasteiger partial charge in [-0.05, 0) is 31.0 Å². The molecule has 0 radical (unpaired) electrons. The van der Waals surface area contributed by atoms with Gasteiger partial charge in [0.25, 0.3) is 5.91 Å². The maximum absolute atomic E-state index is 12.8. The molecule has 0 saturated carbocycles. The molecule has 1 aromatic carbocycles. The number of carbonyl (C=O) groups is 1.